The molecule has 8 heteroatoms. The molecule has 4 aromatic carbocycles. The molecule has 1 aromatic heterocycles. The smallest absolute Gasteiger partial charge is 0.335 e. The second-order valence-electron chi connectivity index (χ2n) is 10.1. The van der Waals surface area contributed by atoms with E-state index in [2.05, 4.69) is 28.8 Å². The zero-order valence-corrected chi connectivity index (χ0v) is 24.0. The highest BCUT2D eigenvalue weighted by Crippen LogP contribution is 2.37. The maximum atomic E-state index is 13.3. The Hall–Kier alpha value is -3.91. The Morgan fingerprint density at radius 1 is 0.854 bits per heavy atom. The van der Waals surface area contributed by atoms with Crippen molar-refractivity contribution >= 4 is 38.3 Å². The van der Waals surface area contributed by atoms with E-state index in [9.17, 15) is 13.2 Å². The summed E-state index contributed by atoms with van der Waals surface area (Å²) >= 11 is 6.48. The SMILES string of the molecule is NCCc1c(CCS(=O)(=O)Cc2ccc(C(=O)O)cc2)c2cc(Cl)ccc2n1C(c1ccccc1)c1ccccc1. The number of aromatic nitrogens is 1. The number of fused-ring (bicyclic) bond motifs is 1. The van der Waals surface area contributed by atoms with Crippen molar-refractivity contribution < 1.29 is 18.3 Å². The molecule has 41 heavy (non-hydrogen) atoms. The minimum absolute atomic E-state index is 0.0712. The van der Waals surface area contributed by atoms with Crippen LogP contribution in [0.5, 0.6) is 0 Å². The molecule has 0 saturated heterocycles. The van der Waals surface area contributed by atoms with Crippen molar-refractivity contribution in [3.05, 3.63) is 142 Å². The van der Waals surface area contributed by atoms with Crippen LogP contribution in [0.1, 0.15) is 44.3 Å². The number of halogens is 1. The van der Waals surface area contributed by atoms with Crippen LogP contribution in [0.2, 0.25) is 5.02 Å². The molecule has 0 aliphatic heterocycles. The first kappa shape index (κ1) is 28.6. The molecule has 0 atom stereocenters. The van der Waals surface area contributed by atoms with Crippen LogP contribution in [0, 0.1) is 0 Å². The van der Waals surface area contributed by atoms with Gasteiger partial charge in [0.15, 0.2) is 9.84 Å². The Bertz CT molecular complexity index is 1730. The quantitative estimate of drug-likeness (QED) is 0.189. The Morgan fingerprint density at radius 3 is 2.02 bits per heavy atom. The first-order valence-electron chi connectivity index (χ1n) is 13.4. The maximum Gasteiger partial charge on any atom is 0.335 e. The summed E-state index contributed by atoms with van der Waals surface area (Å²) in [5, 5.41) is 10.6. The van der Waals surface area contributed by atoms with E-state index in [4.69, 9.17) is 22.4 Å². The second kappa shape index (κ2) is 12.3. The molecule has 210 valence electrons. The number of hydrogen-bond donors (Lipinski definition) is 2. The number of hydrogen-bond acceptors (Lipinski definition) is 4. The number of carboxylic acid groups (broad SMARTS) is 1. The molecule has 0 fully saturated rings. The van der Waals surface area contributed by atoms with Crippen LogP contribution in [-0.4, -0.2) is 36.4 Å². The van der Waals surface area contributed by atoms with Crippen LogP contribution in [0.15, 0.2) is 103 Å². The number of rotatable bonds is 11. The first-order chi connectivity index (χ1) is 19.8. The number of sulfone groups is 1. The standard InChI is InChI=1S/C33H31ClN2O4S/c34-27-15-16-30-29(21-27)28(18-20-41(39,40)22-23-11-13-26(14-12-23)33(37)38)31(17-19-35)36(30)32(24-7-3-1-4-8-24)25-9-5-2-6-10-25/h1-16,21,32H,17-20,22,35H2,(H,37,38). The molecule has 0 aliphatic carbocycles. The van der Waals surface area contributed by atoms with E-state index in [0.29, 0.717) is 30.0 Å². The Morgan fingerprint density at radius 2 is 1.46 bits per heavy atom. The molecule has 0 unspecified atom stereocenters. The maximum absolute atomic E-state index is 13.3. The summed E-state index contributed by atoms with van der Waals surface area (Å²) < 4.78 is 28.8. The van der Waals surface area contributed by atoms with Gasteiger partial charge in [-0.2, -0.15) is 0 Å². The van der Waals surface area contributed by atoms with Gasteiger partial charge in [0.25, 0.3) is 0 Å². The van der Waals surface area contributed by atoms with Crippen molar-refractivity contribution in [2.75, 3.05) is 12.3 Å². The molecule has 0 saturated carbocycles. The average Bonchev–Trinajstić information content (AvgIpc) is 3.25. The number of aryl methyl sites for hydroxylation is 1. The third-order valence-electron chi connectivity index (χ3n) is 7.30. The van der Waals surface area contributed by atoms with Crippen LogP contribution in [-0.2, 0) is 28.4 Å². The van der Waals surface area contributed by atoms with Gasteiger partial charge in [-0.25, -0.2) is 13.2 Å². The Balaban J connectivity index is 1.59. The topological polar surface area (TPSA) is 102 Å². The van der Waals surface area contributed by atoms with Crippen molar-refractivity contribution in [2.45, 2.75) is 24.6 Å². The number of carboxylic acids is 1. The number of carbonyl (C=O) groups is 1. The summed E-state index contributed by atoms with van der Waals surface area (Å²) in [6, 6.07) is 32.1. The molecule has 1 heterocycles. The monoisotopic (exact) mass is 586 g/mol. The fraction of sp³-hybridized carbons (Fsp3) is 0.182. The molecule has 0 aliphatic rings. The molecule has 0 radical (unpaired) electrons. The lowest BCUT2D eigenvalue weighted by molar-refractivity contribution is 0.0697. The van der Waals surface area contributed by atoms with Crippen molar-refractivity contribution in [2.24, 2.45) is 5.73 Å². The largest absolute Gasteiger partial charge is 0.478 e. The van der Waals surface area contributed by atoms with E-state index < -0.39 is 15.8 Å². The van der Waals surface area contributed by atoms with E-state index in [1.54, 1.807) is 12.1 Å². The van der Waals surface area contributed by atoms with Crippen LogP contribution in [0.4, 0.5) is 0 Å². The van der Waals surface area contributed by atoms with Crippen LogP contribution >= 0.6 is 11.6 Å². The number of benzene rings is 4. The van der Waals surface area contributed by atoms with Gasteiger partial charge < -0.3 is 15.4 Å². The highest BCUT2D eigenvalue weighted by molar-refractivity contribution is 7.90. The summed E-state index contributed by atoms with van der Waals surface area (Å²) in [6.45, 7) is 0.399. The third-order valence-corrected chi connectivity index (χ3v) is 9.14. The summed E-state index contributed by atoms with van der Waals surface area (Å²) in [6.07, 6.45) is 0.861. The van der Waals surface area contributed by atoms with E-state index in [-0.39, 0.29) is 23.1 Å². The molecule has 0 bridgehead atoms. The predicted molar refractivity (Wildman–Crippen MR) is 164 cm³/mol. The lowest BCUT2D eigenvalue weighted by Crippen LogP contribution is -2.19. The molecule has 3 N–H and O–H groups in total. The fourth-order valence-electron chi connectivity index (χ4n) is 5.48. The number of nitrogens with zero attached hydrogens (tertiary/aromatic N) is 1. The average molecular weight is 587 g/mol. The van der Waals surface area contributed by atoms with Crippen LogP contribution in [0.3, 0.4) is 0 Å². The fourth-order valence-corrected chi connectivity index (χ4v) is 7.01. The van der Waals surface area contributed by atoms with E-state index in [1.807, 2.05) is 54.6 Å². The zero-order chi connectivity index (χ0) is 29.0. The van der Waals surface area contributed by atoms with Crippen LogP contribution < -0.4 is 5.73 Å². The molecule has 0 spiro atoms. The zero-order valence-electron chi connectivity index (χ0n) is 22.4. The third kappa shape index (κ3) is 6.38. The number of nitrogens with two attached hydrogens (primary N) is 1. The van der Waals surface area contributed by atoms with Gasteiger partial charge >= 0.3 is 5.97 Å². The van der Waals surface area contributed by atoms with Gasteiger partial charge in [-0.3, -0.25) is 0 Å². The number of aromatic carboxylic acids is 1. The molecular formula is C33H31ClN2O4S. The van der Waals surface area contributed by atoms with Crippen molar-refractivity contribution in [1.82, 2.24) is 4.57 Å². The van der Waals surface area contributed by atoms with Gasteiger partial charge in [-0.05, 0) is 65.6 Å². The van der Waals surface area contributed by atoms with Gasteiger partial charge in [0.1, 0.15) is 0 Å². The van der Waals surface area contributed by atoms with Crippen molar-refractivity contribution in [3.63, 3.8) is 0 Å². The van der Waals surface area contributed by atoms with Crippen molar-refractivity contribution in [3.8, 4) is 0 Å². The van der Waals surface area contributed by atoms with E-state index in [1.165, 1.54) is 12.1 Å². The molecule has 6 nitrogen and oxygen atoms in total. The Kier molecular flexibility index (Phi) is 8.59. The van der Waals surface area contributed by atoms with Gasteiger partial charge in [0.05, 0.1) is 23.1 Å². The highest BCUT2D eigenvalue weighted by Gasteiger charge is 2.26. The highest BCUT2D eigenvalue weighted by atomic mass is 35.5. The summed E-state index contributed by atoms with van der Waals surface area (Å²) in [4.78, 5) is 11.2. The molecular weight excluding hydrogens is 556 g/mol. The lowest BCUT2D eigenvalue weighted by atomic mass is 9.97. The molecule has 0 amide bonds. The van der Waals surface area contributed by atoms with Crippen LogP contribution in [0.25, 0.3) is 10.9 Å². The lowest BCUT2D eigenvalue weighted by Gasteiger charge is -2.25. The summed E-state index contributed by atoms with van der Waals surface area (Å²) in [7, 11) is -3.51. The minimum Gasteiger partial charge on any atom is -0.478 e. The minimum atomic E-state index is -3.51. The van der Waals surface area contributed by atoms with Gasteiger partial charge in [0, 0.05) is 28.0 Å². The molecule has 5 aromatic rings. The van der Waals surface area contributed by atoms with Gasteiger partial charge in [0.2, 0.25) is 0 Å². The van der Waals surface area contributed by atoms with Gasteiger partial charge in [-0.15, -0.1) is 0 Å². The summed E-state index contributed by atoms with van der Waals surface area (Å²) in [5.74, 6) is -1.29. The molecule has 5 rings (SSSR count). The summed E-state index contributed by atoms with van der Waals surface area (Å²) in [5.41, 5.74) is 11.9. The van der Waals surface area contributed by atoms with E-state index in [0.717, 1.165) is 33.3 Å². The van der Waals surface area contributed by atoms with Gasteiger partial charge in [-0.1, -0.05) is 84.4 Å². The normalized spacial score (nSPS) is 11.8. The van der Waals surface area contributed by atoms with Crippen molar-refractivity contribution in [1.29, 1.82) is 0 Å². The predicted octanol–water partition coefficient (Wildman–Crippen LogP) is 6.29. The van der Waals surface area contributed by atoms with E-state index >= 15 is 0 Å². The first-order valence-corrected chi connectivity index (χ1v) is 15.6. The Labute approximate surface area is 244 Å². The second-order valence-corrected chi connectivity index (χ2v) is 12.7.